The van der Waals surface area contributed by atoms with Crippen molar-refractivity contribution in [2.24, 2.45) is 0 Å². The lowest BCUT2D eigenvalue weighted by molar-refractivity contribution is 0.0983. The van der Waals surface area contributed by atoms with Crippen LogP contribution >= 0.6 is 0 Å². The monoisotopic (exact) mass is 277 g/mol. The van der Waals surface area contributed by atoms with E-state index in [9.17, 15) is 13.6 Å². The molecule has 0 bridgehead atoms. The molecule has 1 aromatic carbocycles. The van der Waals surface area contributed by atoms with Crippen LogP contribution < -0.4 is 4.90 Å². The van der Waals surface area contributed by atoms with Crippen molar-refractivity contribution in [2.75, 3.05) is 11.4 Å². The molecule has 0 aliphatic heterocycles. The number of anilines is 1. The van der Waals surface area contributed by atoms with Gasteiger partial charge in [0, 0.05) is 24.5 Å². The van der Waals surface area contributed by atoms with Gasteiger partial charge in [-0.3, -0.25) is 9.78 Å². The Morgan fingerprint density at radius 3 is 2.50 bits per heavy atom. The van der Waals surface area contributed by atoms with E-state index < -0.39 is 17.5 Å². The number of nitrogens with zero attached hydrogens (tertiary/aromatic N) is 3. The third-order valence-electron chi connectivity index (χ3n) is 2.78. The molecule has 0 aliphatic rings. The summed E-state index contributed by atoms with van der Waals surface area (Å²) in [6, 6.07) is 3.32. The van der Waals surface area contributed by atoms with E-state index in [1.54, 1.807) is 13.8 Å². The van der Waals surface area contributed by atoms with Crippen LogP contribution in [0.2, 0.25) is 0 Å². The van der Waals surface area contributed by atoms with Crippen molar-refractivity contribution in [2.45, 2.75) is 13.8 Å². The maximum Gasteiger partial charge on any atom is 0.278 e. The molecule has 0 saturated carbocycles. The highest BCUT2D eigenvalue weighted by molar-refractivity contribution is 6.04. The van der Waals surface area contributed by atoms with Crippen molar-refractivity contribution in [3.8, 4) is 0 Å². The van der Waals surface area contributed by atoms with Gasteiger partial charge in [-0.05, 0) is 26.0 Å². The molecule has 0 radical (unpaired) electrons. The lowest BCUT2D eigenvalue weighted by Gasteiger charge is -2.20. The molecule has 1 heterocycles. The molecule has 1 aromatic heterocycles. The summed E-state index contributed by atoms with van der Waals surface area (Å²) in [5.41, 5.74) is 1.12. The van der Waals surface area contributed by atoms with Crippen LogP contribution in [0, 0.1) is 18.6 Å². The van der Waals surface area contributed by atoms with Gasteiger partial charge in [0.2, 0.25) is 0 Å². The Kier molecular flexibility index (Phi) is 4.02. The highest BCUT2D eigenvalue weighted by atomic mass is 19.2. The fraction of sp³-hybridized carbons (Fsp3) is 0.214. The first kappa shape index (κ1) is 14.0. The standard InChI is InChI=1S/C14H13F2N3O/c1-3-19(10-4-5-11(15)12(16)6-10)14(20)13-8-17-9(2)7-18-13/h4-8H,3H2,1-2H3. The number of aromatic nitrogens is 2. The van der Waals surface area contributed by atoms with Crippen LogP contribution in [0.1, 0.15) is 23.1 Å². The van der Waals surface area contributed by atoms with E-state index in [1.807, 2.05) is 0 Å². The molecule has 0 saturated heterocycles. The van der Waals surface area contributed by atoms with E-state index in [4.69, 9.17) is 0 Å². The molecule has 0 aliphatic carbocycles. The lowest BCUT2D eigenvalue weighted by Crippen LogP contribution is -2.31. The van der Waals surface area contributed by atoms with Gasteiger partial charge in [0.1, 0.15) is 5.69 Å². The zero-order valence-electron chi connectivity index (χ0n) is 11.1. The first-order valence-corrected chi connectivity index (χ1v) is 6.08. The normalized spacial score (nSPS) is 10.4. The Bertz CT molecular complexity index is 629. The van der Waals surface area contributed by atoms with Gasteiger partial charge in [-0.2, -0.15) is 0 Å². The molecule has 104 valence electrons. The minimum Gasteiger partial charge on any atom is -0.307 e. The zero-order valence-corrected chi connectivity index (χ0v) is 11.1. The number of carbonyl (C=O) groups excluding carboxylic acids is 1. The number of hydrogen-bond donors (Lipinski definition) is 0. The summed E-state index contributed by atoms with van der Waals surface area (Å²) in [5.74, 6) is -2.36. The molecule has 1 amide bonds. The fourth-order valence-corrected chi connectivity index (χ4v) is 1.74. The van der Waals surface area contributed by atoms with Crippen LogP contribution in [-0.4, -0.2) is 22.4 Å². The van der Waals surface area contributed by atoms with Gasteiger partial charge in [-0.25, -0.2) is 13.8 Å². The number of benzene rings is 1. The number of rotatable bonds is 3. The summed E-state index contributed by atoms with van der Waals surface area (Å²) in [6.45, 7) is 3.80. The second-order valence-electron chi connectivity index (χ2n) is 4.19. The summed E-state index contributed by atoms with van der Waals surface area (Å²) < 4.78 is 26.2. The molecule has 6 heteroatoms. The van der Waals surface area contributed by atoms with E-state index in [0.29, 0.717) is 12.2 Å². The van der Waals surface area contributed by atoms with Crippen LogP contribution in [0.5, 0.6) is 0 Å². The number of amides is 1. The largest absolute Gasteiger partial charge is 0.307 e. The minimum absolute atomic E-state index is 0.155. The van der Waals surface area contributed by atoms with Gasteiger partial charge < -0.3 is 4.90 Å². The molecule has 0 N–H and O–H groups in total. The number of carbonyl (C=O) groups is 1. The van der Waals surface area contributed by atoms with Crippen LogP contribution in [-0.2, 0) is 0 Å². The van der Waals surface area contributed by atoms with Crippen LogP contribution in [0.25, 0.3) is 0 Å². The first-order valence-electron chi connectivity index (χ1n) is 6.08. The third-order valence-corrected chi connectivity index (χ3v) is 2.78. The Morgan fingerprint density at radius 1 is 1.20 bits per heavy atom. The maximum absolute atomic E-state index is 13.3. The van der Waals surface area contributed by atoms with Crippen molar-refractivity contribution in [3.05, 3.63) is 53.6 Å². The van der Waals surface area contributed by atoms with Gasteiger partial charge in [0.05, 0.1) is 11.9 Å². The quantitative estimate of drug-likeness (QED) is 0.866. The van der Waals surface area contributed by atoms with Crippen LogP contribution in [0.4, 0.5) is 14.5 Å². The molecular weight excluding hydrogens is 264 g/mol. The van der Waals surface area contributed by atoms with Crippen molar-refractivity contribution in [1.29, 1.82) is 0 Å². The molecule has 0 fully saturated rings. The fourth-order valence-electron chi connectivity index (χ4n) is 1.74. The van der Waals surface area contributed by atoms with E-state index in [0.717, 1.165) is 12.1 Å². The summed E-state index contributed by atoms with van der Waals surface area (Å²) >= 11 is 0. The Hall–Kier alpha value is -2.37. The smallest absolute Gasteiger partial charge is 0.278 e. The minimum atomic E-state index is -0.997. The van der Waals surface area contributed by atoms with Gasteiger partial charge >= 0.3 is 0 Å². The van der Waals surface area contributed by atoms with Crippen molar-refractivity contribution < 1.29 is 13.6 Å². The lowest BCUT2D eigenvalue weighted by atomic mass is 10.2. The number of aryl methyl sites for hydroxylation is 1. The molecule has 2 rings (SSSR count). The second kappa shape index (κ2) is 5.73. The summed E-state index contributed by atoms with van der Waals surface area (Å²) in [5, 5.41) is 0. The SMILES string of the molecule is CCN(C(=O)c1cnc(C)cn1)c1ccc(F)c(F)c1. The van der Waals surface area contributed by atoms with Crippen molar-refractivity contribution in [3.63, 3.8) is 0 Å². The summed E-state index contributed by atoms with van der Waals surface area (Å²) in [7, 11) is 0. The van der Waals surface area contributed by atoms with Crippen molar-refractivity contribution >= 4 is 11.6 Å². The average molecular weight is 277 g/mol. The molecule has 0 atom stereocenters. The van der Waals surface area contributed by atoms with E-state index in [-0.39, 0.29) is 11.4 Å². The summed E-state index contributed by atoms with van der Waals surface area (Å²) in [4.78, 5) is 21.6. The average Bonchev–Trinajstić information content (AvgIpc) is 2.44. The zero-order chi connectivity index (χ0) is 14.7. The highest BCUT2D eigenvalue weighted by Crippen LogP contribution is 2.19. The topological polar surface area (TPSA) is 46.1 Å². The van der Waals surface area contributed by atoms with Gasteiger partial charge in [-0.15, -0.1) is 0 Å². The van der Waals surface area contributed by atoms with Gasteiger partial charge in [0.15, 0.2) is 11.6 Å². The van der Waals surface area contributed by atoms with E-state index >= 15 is 0 Å². The Morgan fingerprint density at radius 2 is 1.95 bits per heavy atom. The Balaban J connectivity index is 2.33. The molecule has 4 nitrogen and oxygen atoms in total. The molecule has 2 aromatic rings. The summed E-state index contributed by atoms with van der Waals surface area (Å²) in [6.07, 6.45) is 2.84. The van der Waals surface area contributed by atoms with Gasteiger partial charge in [-0.1, -0.05) is 0 Å². The molecule has 0 spiro atoms. The molecular formula is C14H13F2N3O. The Labute approximate surface area is 115 Å². The van der Waals surface area contributed by atoms with Gasteiger partial charge in [0.25, 0.3) is 5.91 Å². The van der Waals surface area contributed by atoms with Crippen LogP contribution in [0.3, 0.4) is 0 Å². The van der Waals surface area contributed by atoms with Crippen LogP contribution in [0.15, 0.2) is 30.6 Å². The first-order chi connectivity index (χ1) is 9.52. The maximum atomic E-state index is 13.3. The second-order valence-corrected chi connectivity index (χ2v) is 4.19. The predicted molar refractivity (Wildman–Crippen MR) is 70.5 cm³/mol. The number of hydrogen-bond acceptors (Lipinski definition) is 3. The predicted octanol–water partition coefficient (Wildman–Crippen LogP) is 2.73. The number of halogens is 2. The third kappa shape index (κ3) is 2.79. The molecule has 0 unspecified atom stereocenters. The van der Waals surface area contributed by atoms with E-state index in [2.05, 4.69) is 9.97 Å². The van der Waals surface area contributed by atoms with E-state index in [1.165, 1.54) is 23.4 Å². The van der Waals surface area contributed by atoms with Crippen molar-refractivity contribution in [1.82, 2.24) is 9.97 Å². The highest BCUT2D eigenvalue weighted by Gasteiger charge is 2.18. The molecule has 20 heavy (non-hydrogen) atoms.